The zero-order valence-corrected chi connectivity index (χ0v) is 13.0. The van der Waals surface area contributed by atoms with Crippen molar-refractivity contribution in [3.8, 4) is 0 Å². The Hall–Kier alpha value is -2.21. The van der Waals surface area contributed by atoms with Crippen molar-refractivity contribution in [2.45, 2.75) is 20.4 Å². The smallest absolute Gasteiger partial charge is 0.181 e. The van der Waals surface area contributed by atoms with E-state index in [1.807, 2.05) is 11.6 Å². The number of thiophene rings is 1. The molecule has 0 bridgehead atoms. The summed E-state index contributed by atoms with van der Waals surface area (Å²) >= 11 is 1.69. The largest absolute Gasteiger partial charge is 0.372 e. The number of hydrogen-bond acceptors (Lipinski definition) is 5. The highest BCUT2D eigenvalue weighted by Crippen LogP contribution is 2.33. The van der Waals surface area contributed by atoms with E-state index in [2.05, 4.69) is 29.1 Å². The summed E-state index contributed by atoms with van der Waals surface area (Å²) in [5.41, 5.74) is 1.23. The normalized spacial score (nSPS) is 11.0. The van der Waals surface area contributed by atoms with Gasteiger partial charge >= 0.3 is 0 Å². The van der Waals surface area contributed by atoms with Crippen LogP contribution in [-0.2, 0) is 6.54 Å². The Morgan fingerprint density at radius 1 is 1.24 bits per heavy atom. The van der Waals surface area contributed by atoms with Crippen molar-refractivity contribution >= 4 is 27.4 Å². The lowest BCUT2D eigenvalue weighted by Crippen LogP contribution is -2.08. The van der Waals surface area contributed by atoms with Crippen LogP contribution in [0.15, 0.2) is 29.3 Å². The van der Waals surface area contributed by atoms with E-state index in [-0.39, 0.29) is 5.43 Å². The van der Waals surface area contributed by atoms with Crippen molar-refractivity contribution in [2.24, 2.45) is 0 Å². The average Bonchev–Trinajstić information content (AvgIpc) is 2.76. The number of rotatable bonds is 3. The third-order valence-electron chi connectivity index (χ3n) is 3.50. The minimum atomic E-state index is 0.00282. The fourth-order valence-corrected chi connectivity index (χ4v) is 3.31. The van der Waals surface area contributed by atoms with E-state index in [1.165, 1.54) is 22.6 Å². The molecule has 0 amide bonds. The van der Waals surface area contributed by atoms with Gasteiger partial charge in [-0.05, 0) is 19.4 Å². The fourth-order valence-electron chi connectivity index (χ4n) is 2.26. The van der Waals surface area contributed by atoms with Gasteiger partial charge in [0.05, 0.1) is 11.9 Å². The second-order valence-electron chi connectivity index (χ2n) is 4.91. The molecule has 0 fully saturated rings. The van der Waals surface area contributed by atoms with Crippen LogP contribution in [0.3, 0.4) is 0 Å². The Balaban J connectivity index is 2.07. The van der Waals surface area contributed by atoms with Crippen LogP contribution in [0.1, 0.15) is 16.3 Å². The molecule has 0 saturated carbocycles. The van der Waals surface area contributed by atoms with Crippen LogP contribution in [-0.4, -0.2) is 21.6 Å². The molecule has 1 N–H and O–H groups in total. The van der Waals surface area contributed by atoms with Crippen molar-refractivity contribution in [2.75, 3.05) is 12.4 Å². The molecule has 3 aromatic heterocycles. The lowest BCUT2D eigenvalue weighted by atomic mass is 10.2. The molecule has 108 valence electrons. The standard InChI is InChI=1S/C15H16N4OS/c1-9-10(2)21-15-13(9)14(16-3)17-12(18-15)8-19-6-4-11(20)5-7-19/h4-7H,8H2,1-3H3,(H,16,17,18). The monoisotopic (exact) mass is 300 g/mol. The second-order valence-corrected chi connectivity index (χ2v) is 6.11. The van der Waals surface area contributed by atoms with Gasteiger partial charge in [0, 0.05) is 36.5 Å². The number of anilines is 1. The molecule has 0 aliphatic carbocycles. The molecule has 3 heterocycles. The molecule has 0 aliphatic heterocycles. The summed E-state index contributed by atoms with van der Waals surface area (Å²) in [4.78, 5) is 22.6. The third kappa shape index (κ3) is 2.54. The maximum absolute atomic E-state index is 11.1. The summed E-state index contributed by atoms with van der Waals surface area (Å²) in [6, 6.07) is 3.08. The molecular formula is C15H16N4OS. The molecular weight excluding hydrogens is 284 g/mol. The highest BCUT2D eigenvalue weighted by molar-refractivity contribution is 7.18. The van der Waals surface area contributed by atoms with E-state index in [9.17, 15) is 4.79 Å². The van der Waals surface area contributed by atoms with Gasteiger partial charge in [-0.1, -0.05) is 0 Å². The highest BCUT2D eigenvalue weighted by Gasteiger charge is 2.13. The quantitative estimate of drug-likeness (QED) is 0.807. The summed E-state index contributed by atoms with van der Waals surface area (Å²) in [5, 5.41) is 4.26. The first-order chi connectivity index (χ1) is 10.1. The lowest BCUT2D eigenvalue weighted by Gasteiger charge is -2.08. The van der Waals surface area contributed by atoms with Crippen LogP contribution in [0.2, 0.25) is 0 Å². The van der Waals surface area contributed by atoms with Crippen LogP contribution in [0.25, 0.3) is 10.2 Å². The molecule has 0 aromatic carbocycles. The Labute approximate surface area is 126 Å². The Kier molecular flexibility index (Phi) is 3.47. The molecule has 0 aliphatic rings. The van der Waals surface area contributed by atoms with E-state index in [4.69, 9.17) is 0 Å². The predicted molar refractivity (Wildman–Crippen MR) is 86.2 cm³/mol. The molecule has 3 rings (SSSR count). The summed E-state index contributed by atoms with van der Waals surface area (Å²) in [5.74, 6) is 1.59. The van der Waals surface area contributed by atoms with Gasteiger partial charge in [0.1, 0.15) is 10.6 Å². The van der Waals surface area contributed by atoms with Crippen molar-refractivity contribution in [3.63, 3.8) is 0 Å². The van der Waals surface area contributed by atoms with Gasteiger partial charge in [-0.25, -0.2) is 9.97 Å². The van der Waals surface area contributed by atoms with Crippen molar-refractivity contribution in [1.82, 2.24) is 14.5 Å². The number of fused-ring (bicyclic) bond motifs is 1. The average molecular weight is 300 g/mol. The number of nitrogens with zero attached hydrogens (tertiary/aromatic N) is 3. The molecule has 3 aromatic rings. The first-order valence-electron chi connectivity index (χ1n) is 6.69. The van der Waals surface area contributed by atoms with Crippen LogP contribution < -0.4 is 10.7 Å². The number of hydrogen-bond donors (Lipinski definition) is 1. The highest BCUT2D eigenvalue weighted by atomic mass is 32.1. The molecule has 0 saturated heterocycles. The van der Waals surface area contributed by atoms with E-state index in [1.54, 1.807) is 23.7 Å². The van der Waals surface area contributed by atoms with Gasteiger partial charge in [-0.3, -0.25) is 4.79 Å². The second kappa shape index (κ2) is 5.29. The number of pyridine rings is 1. The van der Waals surface area contributed by atoms with Crippen molar-refractivity contribution in [3.05, 3.63) is 51.0 Å². The van der Waals surface area contributed by atoms with Gasteiger partial charge in [0.15, 0.2) is 11.3 Å². The number of aryl methyl sites for hydroxylation is 2. The van der Waals surface area contributed by atoms with Crippen molar-refractivity contribution < 1.29 is 0 Å². The summed E-state index contributed by atoms with van der Waals surface area (Å²) in [7, 11) is 1.87. The first-order valence-corrected chi connectivity index (χ1v) is 7.50. The lowest BCUT2D eigenvalue weighted by molar-refractivity contribution is 0.743. The molecule has 21 heavy (non-hydrogen) atoms. The first kappa shape index (κ1) is 13.8. The zero-order chi connectivity index (χ0) is 15.0. The zero-order valence-electron chi connectivity index (χ0n) is 12.2. The topological polar surface area (TPSA) is 59.8 Å². The van der Waals surface area contributed by atoms with E-state index >= 15 is 0 Å². The van der Waals surface area contributed by atoms with E-state index in [0.717, 1.165) is 21.9 Å². The molecule has 0 radical (unpaired) electrons. The minimum absolute atomic E-state index is 0.00282. The van der Waals surface area contributed by atoms with Gasteiger partial charge in [-0.2, -0.15) is 0 Å². The maximum atomic E-state index is 11.1. The van der Waals surface area contributed by atoms with Crippen LogP contribution in [0.5, 0.6) is 0 Å². The summed E-state index contributed by atoms with van der Waals surface area (Å²) in [6.45, 7) is 4.74. The van der Waals surface area contributed by atoms with Crippen LogP contribution in [0.4, 0.5) is 5.82 Å². The van der Waals surface area contributed by atoms with E-state index < -0.39 is 0 Å². The minimum Gasteiger partial charge on any atom is -0.372 e. The molecule has 0 atom stereocenters. The molecule has 5 nitrogen and oxygen atoms in total. The summed E-state index contributed by atoms with van der Waals surface area (Å²) < 4.78 is 1.90. The molecule has 0 unspecified atom stereocenters. The Morgan fingerprint density at radius 2 is 1.95 bits per heavy atom. The molecule has 6 heteroatoms. The van der Waals surface area contributed by atoms with Crippen LogP contribution in [0, 0.1) is 13.8 Å². The predicted octanol–water partition coefficient (Wildman–Crippen LogP) is 2.56. The number of nitrogens with one attached hydrogen (secondary N) is 1. The Morgan fingerprint density at radius 3 is 2.62 bits per heavy atom. The van der Waals surface area contributed by atoms with Crippen LogP contribution >= 0.6 is 11.3 Å². The van der Waals surface area contributed by atoms with Gasteiger partial charge < -0.3 is 9.88 Å². The maximum Gasteiger partial charge on any atom is 0.181 e. The SMILES string of the molecule is CNc1nc(Cn2ccc(=O)cc2)nc2sc(C)c(C)c12. The number of aromatic nitrogens is 3. The fraction of sp³-hybridized carbons (Fsp3) is 0.267. The van der Waals surface area contributed by atoms with Crippen molar-refractivity contribution in [1.29, 1.82) is 0 Å². The summed E-state index contributed by atoms with van der Waals surface area (Å²) in [6.07, 6.45) is 3.50. The van der Waals surface area contributed by atoms with Gasteiger partial charge in [0.2, 0.25) is 0 Å². The Bertz CT molecular complexity index is 845. The van der Waals surface area contributed by atoms with Gasteiger partial charge in [0.25, 0.3) is 0 Å². The third-order valence-corrected chi connectivity index (χ3v) is 4.60. The molecule has 0 spiro atoms. The van der Waals surface area contributed by atoms with Gasteiger partial charge in [-0.15, -0.1) is 11.3 Å². The van der Waals surface area contributed by atoms with E-state index in [0.29, 0.717) is 6.54 Å².